The minimum Gasteiger partial charge on any atom is -0.317 e. The van der Waals surface area contributed by atoms with E-state index < -0.39 is 7.82 Å². The highest BCUT2D eigenvalue weighted by Gasteiger charge is 2.24. The molecular weight excluding hydrogens is 477 g/mol. The molecule has 5 nitrogen and oxygen atoms in total. The van der Waals surface area contributed by atoms with Crippen molar-refractivity contribution >= 4 is 19.6 Å². The first kappa shape index (κ1) is 35.4. The summed E-state index contributed by atoms with van der Waals surface area (Å²) in [5, 5.41) is 3.53. The number of hydrogen-bond acceptors (Lipinski definition) is 6. The van der Waals surface area contributed by atoms with Crippen molar-refractivity contribution in [3.05, 3.63) is 0 Å². The third kappa shape index (κ3) is 27.3. The Balaban J connectivity index is 3.18. The van der Waals surface area contributed by atoms with Crippen molar-refractivity contribution in [2.24, 2.45) is 0 Å². The molecule has 0 heterocycles. The fraction of sp³-hybridized carbons (Fsp3) is 1.00. The molecule has 212 valence electrons. The van der Waals surface area contributed by atoms with Gasteiger partial charge >= 0.3 is 7.82 Å². The van der Waals surface area contributed by atoms with Crippen LogP contribution in [0.5, 0.6) is 0 Å². The molecule has 7 heteroatoms. The quantitative estimate of drug-likeness (QED) is 0.0727. The number of hydrogen-bond donors (Lipinski definition) is 1. The molecular formula is C28H60NO4PS. The van der Waals surface area contributed by atoms with E-state index in [0.717, 1.165) is 32.4 Å². The molecule has 0 aliphatic heterocycles. The summed E-state index contributed by atoms with van der Waals surface area (Å²) in [6.45, 7) is 9.11. The van der Waals surface area contributed by atoms with Gasteiger partial charge in [0.25, 0.3) is 0 Å². The van der Waals surface area contributed by atoms with Crippen molar-refractivity contribution in [3.8, 4) is 0 Å². The highest BCUT2D eigenvalue weighted by Crippen LogP contribution is 2.49. The van der Waals surface area contributed by atoms with Gasteiger partial charge in [0.2, 0.25) is 0 Å². The van der Waals surface area contributed by atoms with E-state index in [9.17, 15) is 4.57 Å². The van der Waals surface area contributed by atoms with E-state index >= 15 is 0 Å². The van der Waals surface area contributed by atoms with Crippen LogP contribution in [0, 0.1) is 0 Å². The Labute approximate surface area is 223 Å². The number of unbranched alkanes of at least 4 members (excludes halogenated alkanes) is 15. The molecule has 0 aromatic rings. The summed E-state index contributed by atoms with van der Waals surface area (Å²) >= 11 is 2.12. The van der Waals surface area contributed by atoms with Crippen LogP contribution in [0.3, 0.4) is 0 Å². The highest BCUT2D eigenvalue weighted by molar-refractivity contribution is 7.99. The van der Waals surface area contributed by atoms with Crippen molar-refractivity contribution in [1.29, 1.82) is 0 Å². The van der Waals surface area contributed by atoms with Gasteiger partial charge < -0.3 is 5.32 Å². The minimum absolute atomic E-state index is 0.332. The van der Waals surface area contributed by atoms with Crippen LogP contribution in [0.2, 0.25) is 0 Å². The molecule has 0 saturated heterocycles. The van der Waals surface area contributed by atoms with Crippen LogP contribution in [-0.2, 0) is 18.1 Å². The van der Waals surface area contributed by atoms with Crippen molar-refractivity contribution < 1.29 is 18.1 Å². The first-order valence-corrected chi connectivity index (χ1v) is 17.6. The molecule has 0 fully saturated rings. The van der Waals surface area contributed by atoms with E-state index in [0.29, 0.717) is 19.8 Å². The predicted molar refractivity (Wildman–Crippen MR) is 156 cm³/mol. The number of nitrogens with one attached hydrogen (secondary N) is 1. The average molecular weight is 538 g/mol. The van der Waals surface area contributed by atoms with Gasteiger partial charge in [0.15, 0.2) is 0 Å². The van der Waals surface area contributed by atoms with Gasteiger partial charge in [0.1, 0.15) is 0 Å². The summed E-state index contributed by atoms with van der Waals surface area (Å²) in [5.41, 5.74) is 0. The lowest BCUT2D eigenvalue weighted by Crippen LogP contribution is -2.17. The molecule has 0 unspecified atom stereocenters. The molecule has 0 amide bonds. The zero-order valence-electron chi connectivity index (χ0n) is 23.7. The maximum absolute atomic E-state index is 12.2. The Kier molecular flexibility index (Phi) is 29.3. The van der Waals surface area contributed by atoms with Gasteiger partial charge in [-0.1, -0.05) is 90.4 Å². The molecule has 0 bridgehead atoms. The van der Waals surface area contributed by atoms with Crippen LogP contribution in [0.1, 0.15) is 136 Å². The maximum Gasteiger partial charge on any atom is 0.474 e. The van der Waals surface area contributed by atoms with Crippen LogP contribution in [0.15, 0.2) is 0 Å². The second-order valence-corrected chi connectivity index (χ2v) is 12.4. The van der Waals surface area contributed by atoms with Crippen LogP contribution in [0.4, 0.5) is 0 Å². The first-order valence-electron chi connectivity index (χ1n) is 15.0. The second kappa shape index (κ2) is 29.0. The Hall–Kier alpha value is 0.420. The highest BCUT2D eigenvalue weighted by atomic mass is 32.2. The van der Waals surface area contributed by atoms with E-state index in [1.807, 2.05) is 0 Å². The molecule has 1 N–H and O–H groups in total. The topological polar surface area (TPSA) is 56.8 Å². The summed E-state index contributed by atoms with van der Waals surface area (Å²) in [7, 11) is -3.34. The molecule has 0 aromatic heterocycles. The summed E-state index contributed by atoms with van der Waals surface area (Å²) in [6, 6.07) is 0. The van der Waals surface area contributed by atoms with Crippen LogP contribution < -0.4 is 5.32 Å². The number of rotatable bonds is 30. The standard InChI is InChI=1S/C28H60NO4PS/c1-4-7-8-9-10-11-12-13-14-15-16-17-18-22-27-35-28-23-25-29-24-20-19-21-26-33-34(30,31-5-2)32-6-3/h29H,4-28H2,1-3H3. The van der Waals surface area contributed by atoms with E-state index in [1.165, 1.54) is 108 Å². The second-order valence-electron chi connectivity index (χ2n) is 9.49. The molecule has 0 radical (unpaired) electrons. The number of thioether (sulfide) groups is 1. The predicted octanol–water partition coefficient (Wildman–Crippen LogP) is 9.55. The molecule has 0 rings (SSSR count). The van der Waals surface area contributed by atoms with E-state index in [4.69, 9.17) is 13.6 Å². The molecule has 0 atom stereocenters. The van der Waals surface area contributed by atoms with Gasteiger partial charge in [-0.3, -0.25) is 13.6 Å². The van der Waals surface area contributed by atoms with Crippen LogP contribution in [-0.4, -0.2) is 44.4 Å². The molecule has 0 aromatic carbocycles. The summed E-state index contributed by atoms with van der Waals surface area (Å²) in [6.07, 6.45) is 24.4. The van der Waals surface area contributed by atoms with E-state index in [1.54, 1.807) is 13.8 Å². The van der Waals surface area contributed by atoms with Gasteiger partial charge in [-0.2, -0.15) is 11.8 Å². The Morgan fingerprint density at radius 3 is 1.54 bits per heavy atom. The number of phosphoric ester groups is 1. The van der Waals surface area contributed by atoms with E-state index in [2.05, 4.69) is 24.0 Å². The lowest BCUT2D eigenvalue weighted by Gasteiger charge is -2.16. The lowest BCUT2D eigenvalue weighted by molar-refractivity contribution is 0.120. The SMILES string of the molecule is CCCCCCCCCCCCCCCCSCCCNCCCCCOP(=O)(OCC)OCC. The minimum atomic E-state index is -3.34. The largest absolute Gasteiger partial charge is 0.474 e. The van der Waals surface area contributed by atoms with Gasteiger partial charge in [0, 0.05) is 0 Å². The third-order valence-corrected chi connectivity index (χ3v) is 8.91. The van der Waals surface area contributed by atoms with Crippen LogP contribution >= 0.6 is 19.6 Å². The molecule has 0 spiro atoms. The maximum atomic E-state index is 12.2. The van der Waals surface area contributed by atoms with Crippen molar-refractivity contribution in [2.45, 2.75) is 136 Å². The Bertz CT molecular complexity index is 447. The van der Waals surface area contributed by atoms with Gasteiger partial charge in [-0.05, 0) is 70.5 Å². The number of phosphoric acid groups is 1. The van der Waals surface area contributed by atoms with Crippen molar-refractivity contribution in [3.63, 3.8) is 0 Å². The van der Waals surface area contributed by atoms with Gasteiger partial charge in [-0.15, -0.1) is 0 Å². The zero-order valence-corrected chi connectivity index (χ0v) is 25.4. The fourth-order valence-electron chi connectivity index (χ4n) is 4.06. The zero-order chi connectivity index (χ0) is 25.7. The Morgan fingerprint density at radius 1 is 0.543 bits per heavy atom. The van der Waals surface area contributed by atoms with E-state index in [-0.39, 0.29) is 0 Å². The monoisotopic (exact) mass is 537 g/mol. The third-order valence-electron chi connectivity index (χ3n) is 6.11. The smallest absolute Gasteiger partial charge is 0.317 e. The van der Waals surface area contributed by atoms with Crippen molar-refractivity contribution in [1.82, 2.24) is 5.32 Å². The Morgan fingerprint density at radius 2 is 1.00 bits per heavy atom. The van der Waals surface area contributed by atoms with Crippen LogP contribution in [0.25, 0.3) is 0 Å². The summed E-state index contributed by atoms with van der Waals surface area (Å²) in [4.78, 5) is 0. The lowest BCUT2D eigenvalue weighted by atomic mass is 10.0. The average Bonchev–Trinajstić information content (AvgIpc) is 2.84. The summed E-state index contributed by atoms with van der Waals surface area (Å²) < 4.78 is 27.8. The molecule has 35 heavy (non-hydrogen) atoms. The first-order chi connectivity index (χ1) is 17.2. The van der Waals surface area contributed by atoms with Gasteiger partial charge in [0.05, 0.1) is 19.8 Å². The molecule has 0 aliphatic carbocycles. The van der Waals surface area contributed by atoms with Crippen molar-refractivity contribution in [2.75, 3.05) is 44.4 Å². The molecule has 0 saturated carbocycles. The normalized spacial score (nSPS) is 12.0. The molecule has 0 aliphatic rings. The van der Waals surface area contributed by atoms with Gasteiger partial charge in [-0.25, -0.2) is 4.57 Å². The summed E-state index contributed by atoms with van der Waals surface area (Å²) in [5.74, 6) is 2.59. The fourth-order valence-corrected chi connectivity index (χ4v) is 6.23.